The molecule has 1 saturated carbocycles. The molecule has 0 aliphatic heterocycles. The SMILES string of the molecule is C#C/C(=C\C)CC1CCCC1.C=C(C)C.C=C(C)C1=C(C)CCC1.CC.CCC. The van der Waals surface area contributed by atoms with Gasteiger partial charge in [-0.1, -0.05) is 95.1 Å². The van der Waals surface area contributed by atoms with E-state index in [2.05, 4.69) is 52.8 Å². The van der Waals surface area contributed by atoms with Gasteiger partial charge < -0.3 is 0 Å². The van der Waals surface area contributed by atoms with Crippen LogP contribution in [0, 0.1) is 18.3 Å². The molecule has 168 valence electrons. The van der Waals surface area contributed by atoms with E-state index in [1.54, 1.807) is 5.57 Å². The first-order chi connectivity index (χ1) is 13.7. The Kier molecular flexibility index (Phi) is 25.3. The maximum absolute atomic E-state index is 5.34. The summed E-state index contributed by atoms with van der Waals surface area (Å²) in [5, 5.41) is 0. The van der Waals surface area contributed by atoms with E-state index in [1.165, 1.54) is 73.7 Å². The molecule has 0 unspecified atom stereocenters. The van der Waals surface area contributed by atoms with Crippen molar-refractivity contribution in [2.75, 3.05) is 0 Å². The molecule has 2 aliphatic carbocycles. The largest absolute Gasteiger partial charge is 0.115 e. The van der Waals surface area contributed by atoms with Gasteiger partial charge in [-0.05, 0) is 77.4 Å². The van der Waals surface area contributed by atoms with Gasteiger partial charge in [0.2, 0.25) is 0 Å². The molecule has 0 radical (unpaired) electrons. The van der Waals surface area contributed by atoms with Crippen LogP contribution >= 0.6 is 0 Å². The van der Waals surface area contributed by atoms with Crippen molar-refractivity contribution in [3.63, 3.8) is 0 Å². The summed E-state index contributed by atoms with van der Waals surface area (Å²) in [7, 11) is 0. The smallest absolute Gasteiger partial charge is 0.00223 e. The van der Waals surface area contributed by atoms with Gasteiger partial charge in [0, 0.05) is 0 Å². The Morgan fingerprint density at radius 2 is 1.48 bits per heavy atom. The zero-order valence-corrected chi connectivity index (χ0v) is 21.5. The molecule has 0 nitrogen and oxygen atoms in total. The maximum Gasteiger partial charge on any atom is -0.00223 e. The number of allylic oxidation sites excluding steroid dienone is 6. The molecule has 0 aromatic carbocycles. The first-order valence-electron chi connectivity index (χ1n) is 11.8. The van der Waals surface area contributed by atoms with E-state index in [-0.39, 0.29) is 0 Å². The number of hydrogen-bond donors (Lipinski definition) is 0. The third kappa shape index (κ3) is 21.1. The molecule has 1 fully saturated rings. The molecule has 2 rings (SSSR count). The van der Waals surface area contributed by atoms with E-state index in [0.717, 1.165) is 12.3 Å². The van der Waals surface area contributed by atoms with Crippen LogP contribution in [0.1, 0.15) is 120 Å². The molecule has 0 atom stereocenters. The van der Waals surface area contributed by atoms with Crippen molar-refractivity contribution < 1.29 is 0 Å². The third-order valence-corrected chi connectivity index (χ3v) is 4.53. The topological polar surface area (TPSA) is 0 Å². The predicted octanol–water partition coefficient (Wildman–Crippen LogP) is 10.2. The first kappa shape index (κ1) is 32.2. The Hall–Kier alpha value is -1.48. The van der Waals surface area contributed by atoms with Gasteiger partial charge in [-0.25, -0.2) is 0 Å². The maximum atomic E-state index is 5.34. The number of rotatable bonds is 3. The minimum Gasteiger partial charge on any atom is -0.115 e. The average Bonchev–Trinajstić information content (AvgIpc) is 3.33. The zero-order valence-electron chi connectivity index (χ0n) is 21.5. The first-order valence-corrected chi connectivity index (χ1v) is 11.8. The van der Waals surface area contributed by atoms with Crippen molar-refractivity contribution in [3.05, 3.63) is 47.1 Å². The molecule has 2 aliphatic rings. The van der Waals surface area contributed by atoms with Crippen LogP contribution in [0.15, 0.2) is 47.1 Å². The van der Waals surface area contributed by atoms with Crippen LogP contribution in [0.4, 0.5) is 0 Å². The fraction of sp³-hybridized carbons (Fsp3) is 0.655. The van der Waals surface area contributed by atoms with Crippen LogP contribution in [-0.4, -0.2) is 0 Å². The monoisotopic (exact) mass is 400 g/mol. The summed E-state index contributed by atoms with van der Waals surface area (Å²) in [6, 6.07) is 0. The second kappa shape index (κ2) is 22.8. The van der Waals surface area contributed by atoms with Gasteiger partial charge in [0.05, 0.1) is 0 Å². The van der Waals surface area contributed by atoms with Crippen LogP contribution < -0.4 is 0 Å². The van der Waals surface area contributed by atoms with Crippen molar-refractivity contribution in [2.24, 2.45) is 5.92 Å². The van der Waals surface area contributed by atoms with Gasteiger partial charge in [-0.3, -0.25) is 0 Å². The average molecular weight is 401 g/mol. The zero-order chi connectivity index (χ0) is 23.2. The van der Waals surface area contributed by atoms with Crippen molar-refractivity contribution in [3.8, 4) is 12.3 Å². The Balaban J connectivity index is -0.000000337. The van der Waals surface area contributed by atoms with Crippen molar-refractivity contribution in [1.82, 2.24) is 0 Å². The van der Waals surface area contributed by atoms with Gasteiger partial charge in [0.25, 0.3) is 0 Å². The fourth-order valence-corrected chi connectivity index (χ4v) is 3.26. The molecule has 0 bridgehead atoms. The lowest BCUT2D eigenvalue weighted by Crippen LogP contribution is -1.93. The third-order valence-electron chi connectivity index (χ3n) is 4.53. The van der Waals surface area contributed by atoms with Crippen LogP contribution in [-0.2, 0) is 0 Å². The lowest BCUT2D eigenvalue weighted by atomic mass is 9.98. The standard InChI is InChI=1S/C11H16.C9H14.C4H8.C3H8.C2H6/c1-3-10(4-2)9-11-7-5-6-8-11;1-7(2)9-6-4-5-8(9)3;1-4(2)3;1-3-2;1-2/h1,4,11H,5-9H2,2H3;1,4-6H2,2-3H3;1H2,2-3H3;3H2,1-2H3;1-2H3/b10-4+;;;;. The Labute approximate surface area is 185 Å². The summed E-state index contributed by atoms with van der Waals surface area (Å²) in [6.45, 7) is 26.0. The van der Waals surface area contributed by atoms with E-state index in [9.17, 15) is 0 Å². The van der Waals surface area contributed by atoms with Crippen molar-refractivity contribution in [2.45, 2.75) is 120 Å². The molecule has 0 amide bonds. The van der Waals surface area contributed by atoms with Gasteiger partial charge in [-0.15, -0.1) is 13.0 Å². The summed E-state index contributed by atoms with van der Waals surface area (Å²) in [4.78, 5) is 0. The second-order valence-electron chi connectivity index (χ2n) is 8.12. The van der Waals surface area contributed by atoms with Crippen LogP contribution in [0.3, 0.4) is 0 Å². The molecular formula is C29H52. The molecule has 0 aromatic rings. The summed E-state index contributed by atoms with van der Waals surface area (Å²) in [5.41, 5.74) is 6.71. The summed E-state index contributed by atoms with van der Waals surface area (Å²) >= 11 is 0. The molecule has 0 heterocycles. The fourth-order valence-electron chi connectivity index (χ4n) is 3.26. The van der Waals surface area contributed by atoms with Gasteiger partial charge in [0.1, 0.15) is 0 Å². The Morgan fingerprint density at radius 1 is 1.03 bits per heavy atom. The van der Waals surface area contributed by atoms with E-state index < -0.39 is 0 Å². The Morgan fingerprint density at radius 3 is 1.72 bits per heavy atom. The summed E-state index contributed by atoms with van der Waals surface area (Å²) in [5.74, 6) is 3.63. The highest BCUT2D eigenvalue weighted by molar-refractivity contribution is 5.33. The quantitative estimate of drug-likeness (QED) is 0.326. The highest BCUT2D eigenvalue weighted by atomic mass is 14.2. The molecule has 29 heavy (non-hydrogen) atoms. The Bertz CT molecular complexity index is 509. The van der Waals surface area contributed by atoms with Gasteiger partial charge in [-0.2, -0.15) is 0 Å². The van der Waals surface area contributed by atoms with E-state index in [1.807, 2.05) is 34.6 Å². The molecule has 0 spiro atoms. The van der Waals surface area contributed by atoms with Crippen LogP contribution in [0.25, 0.3) is 0 Å². The minimum atomic E-state index is 0.886. The molecular weight excluding hydrogens is 348 g/mol. The highest BCUT2D eigenvalue weighted by Gasteiger charge is 2.15. The van der Waals surface area contributed by atoms with E-state index in [0.29, 0.717) is 0 Å². The van der Waals surface area contributed by atoms with Crippen molar-refractivity contribution >= 4 is 0 Å². The van der Waals surface area contributed by atoms with Crippen molar-refractivity contribution in [1.29, 1.82) is 0 Å². The van der Waals surface area contributed by atoms with Gasteiger partial charge in [0.15, 0.2) is 0 Å². The minimum absolute atomic E-state index is 0.886. The van der Waals surface area contributed by atoms with Gasteiger partial charge >= 0.3 is 0 Å². The van der Waals surface area contributed by atoms with E-state index in [4.69, 9.17) is 6.42 Å². The number of terminal acetylenes is 1. The lowest BCUT2D eigenvalue weighted by molar-refractivity contribution is 0.550. The number of hydrogen-bond acceptors (Lipinski definition) is 0. The highest BCUT2D eigenvalue weighted by Crippen LogP contribution is 2.30. The molecule has 0 heteroatoms. The second-order valence-corrected chi connectivity index (χ2v) is 8.12. The normalized spacial score (nSPS) is 15.2. The molecule has 0 saturated heterocycles. The van der Waals surface area contributed by atoms with E-state index >= 15 is 0 Å². The van der Waals surface area contributed by atoms with Crippen LogP contribution in [0.2, 0.25) is 0 Å². The summed E-state index contributed by atoms with van der Waals surface area (Å²) in [6.07, 6.45) is 19.3. The predicted molar refractivity (Wildman–Crippen MR) is 138 cm³/mol. The summed E-state index contributed by atoms with van der Waals surface area (Å²) < 4.78 is 0. The van der Waals surface area contributed by atoms with Crippen LogP contribution in [0.5, 0.6) is 0 Å². The molecule has 0 N–H and O–H groups in total. The lowest BCUT2D eigenvalue weighted by Gasteiger charge is -2.06. The molecule has 0 aromatic heterocycles.